The second-order valence-electron chi connectivity index (χ2n) is 9.09. The smallest absolute Gasteiger partial charge is 0.411 e. The van der Waals surface area contributed by atoms with Crippen LogP contribution in [0.5, 0.6) is 5.88 Å². The molecule has 4 rings (SSSR count). The number of amides is 2. The number of hydrogen-bond acceptors (Lipinski definition) is 7. The number of aromatic nitrogens is 1. The molecule has 3 heterocycles. The molecule has 176 valence electrons. The van der Waals surface area contributed by atoms with Crippen molar-refractivity contribution >= 4 is 23.5 Å². The summed E-state index contributed by atoms with van der Waals surface area (Å²) in [6.07, 6.45) is 5.08. The Morgan fingerprint density at radius 2 is 2.03 bits per heavy atom. The molecule has 9 heteroatoms. The number of aliphatic hydroxyl groups is 1. The number of piperidine rings is 1. The normalized spacial score (nSPS) is 28.2. The van der Waals surface area contributed by atoms with E-state index in [0.29, 0.717) is 23.9 Å². The van der Waals surface area contributed by atoms with Crippen LogP contribution in [0.2, 0.25) is 0 Å². The number of aliphatic hydroxyl groups excluding tert-OH is 1. The van der Waals surface area contributed by atoms with Crippen LogP contribution < -0.4 is 15.0 Å². The quantitative estimate of drug-likeness (QED) is 0.717. The third kappa shape index (κ3) is 4.48. The molecule has 1 aromatic rings. The maximum absolute atomic E-state index is 13.6. The first-order valence-corrected chi connectivity index (χ1v) is 11.7. The molecule has 3 aliphatic rings. The van der Waals surface area contributed by atoms with Gasteiger partial charge in [0.05, 0.1) is 30.9 Å². The standard InChI is InChI=1S/C23H34N4O5/c1-3-32-22(30)24-18-9-10-19(31-2)25-20(18)26-13-4-11-23(15-26)12-14-27(21(23)29)16-5-7-17(28)8-6-16/h9-10,16-17,28H,3-8,11-15H2,1-2H3,(H,24,30). The van der Waals surface area contributed by atoms with Crippen molar-refractivity contribution in [3.8, 4) is 5.88 Å². The van der Waals surface area contributed by atoms with Crippen LogP contribution in [0.3, 0.4) is 0 Å². The van der Waals surface area contributed by atoms with Crippen molar-refractivity contribution in [3.63, 3.8) is 0 Å². The number of pyridine rings is 1. The van der Waals surface area contributed by atoms with Gasteiger partial charge in [-0.3, -0.25) is 10.1 Å². The maximum atomic E-state index is 13.6. The molecule has 2 saturated heterocycles. The van der Waals surface area contributed by atoms with E-state index in [0.717, 1.165) is 58.0 Å². The fourth-order valence-corrected chi connectivity index (χ4v) is 5.42. The van der Waals surface area contributed by atoms with Crippen molar-refractivity contribution in [2.45, 2.75) is 64.0 Å². The Hall–Kier alpha value is -2.55. The highest BCUT2D eigenvalue weighted by molar-refractivity contribution is 5.90. The van der Waals surface area contributed by atoms with Gasteiger partial charge >= 0.3 is 6.09 Å². The number of anilines is 2. The minimum Gasteiger partial charge on any atom is -0.481 e. The van der Waals surface area contributed by atoms with Gasteiger partial charge in [0.25, 0.3) is 0 Å². The maximum Gasteiger partial charge on any atom is 0.411 e. The van der Waals surface area contributed by atoms with E-state index in [1.807, 2.05) is 0 Å². The zero-order valence-corrected chi connectivity index (χ0v) is 19.0. The van der Waals surface area contributed by atoms with Crippen molar-refractivity contribution in [1.82, 2.24) is 9.88 Å². The topological polar surface area (TPSA) is 104 Å². The van der Waals surface area contributed by atoms with Crippen LogP contribution >= 0.6 is 0 Å². The van der Waals surface area contributed by atoms with Gasteiger partial charge in [-0.05, 0) is 57.9 Å². The third-order valence-corrected chi connectivity index (χ3v) is 7.10. The molecule has 0 bridgehead atoms. The van der Waals surface area contributed by atoms with Crippen LogP contribution in [-0.2, 0) is 9.53 Å². The van der Waals surface area contributed by atoms with Gasteiger partial charge in [0.2, 0.25) is 11.8 Å². The predicted octanol–water partition coefficient (Wildman–Crippen LogP) is 2.78. The lowest BCUT2D eigenvalue weighted by atomic mass is 9.78. The number of nitrogens with zero attached hydrogens (tertiary/aromatic N) is 3. The Balaban J connectivity index is 1.54. The lowest BCUT2D eigenvalue weighted by molar-refractivity contribution is -0.139. The molecule has 1 aliphatic carbocycles. The highest BCUT2D eigenvalue weighted by Gasteiger charge is 2.51. The molecule has 32 heavy (non-hydrogen) atoms. The molecule has 1 spiro atoms. The summed E-state index contributed by atoms with van der Waals surface area (Å²) in [5.74, 6) is 1.28. The second-order valence-corrected chi connectivity index (χ2v) is 9.09. The molecule has 2 amide bonds. The second kappa shape index (κ2) is 9.52. The van der Waals surface area contributed by atoms with Gasteiger partial charge < -0.3 is 24.4 Å². The minimum atomic E-state index is -0.532. The lowest BCUT2D eigenvalue weighted by Gasteiger charge is -2.41. The van der Waals surface area contributed by atoms with Gasteiger partial charge in [0.15, 0.2) is 5.82 Å². The van der Waals surface area contributed by atoms with Crippen LogP contribution in [0.1, 0.15) is 51.9 Å². The van der Waals surface area contributed by atoms with Gasteiger partial charge in [-0.1, -0.05) is 0 Å². The molecule has 0 radical (unpaired) electrons. The van der Waals surface area contributed by atoms with Crippen molar-refractivity contribution in [2.75, 3.05) is 43.6 Å². The van der Waals surface area contributed by atoms with Gasteiger partial charge in [-0.2, -0.15) is 4.98 Å². The van der Waals surface area contributed by atoms with Crippen molar-refractivity contribution in [3.05, 3.63) is 12.1 Å². The molecule has 9 nitrogen and oxygen atoms in total. The molecular formula is C23H34N4O5. The Morgan fingerprint density at radius 1 is 1.25 bits per heavy atom. The van der Waals surface area contributed by atoms with E-state index in [-0.39, 0.29) is 24.7 Å². The zero-order valence-electron chi connectivity index (χ0n) is 19.0. The number of carbonyl (C=O) groups excluding carboxylic acids is 2. The monoisotopic (exact) mass is 446 g/mol. The molecule has 1 unspecified atom stereocenters. The third-order valence-electron chi connectivity index (χ3n) is 7.10. The molecule has 1 saturated carbocycles. The van der Waals surface area contributed by atoms with E-state index in [9.17, 15) is 14.7 Å². The molecule has 1 aromatic heterocycles. The van der Waals surface area contributed by atoms with Crippen LogP contribution in [0.4, 0.5) is 16.3 Å². The summed E-state index contributed by atoms with van der Waals surface area (Å²) in [5, 5.41) is 12.6. The van der Waals surface area contributed by atoms with Crippen LogP contribution in [-0.4, -0.2) is 72.5 Å². The molecule has 0 aromatic carbocycles. The van der Waals surface area contributed by atoms with E-state index in [1.54, 1.807) is 26.2 Å². The van der Waals surface area contributed by atoms with Crippen molar-refractivity contribution < 1.29 is 24.2 Å². The van der Waals surface area contributed by atoms with Crippen LogP contribution in [0.15, 0.2) is 12.1 Å². The summed E-state index contributed by atoms with van der Waals surface area (Å²) >= 11 is 0. The first kappa shape index (κ1) is 22.6. The molecule has 2 aliphatic heterocycles. The average Bonchev–Trinajstić information content (AvgIpc) is 3.10. The van der Waals surface area contributed by atoms with Gasteiger partial charge in [-0.25, -0.2) is 4.79 Å². The summed E-state index contributed by atoms with van der Waals surface area (Å²) in [4.78, 5) is 34.4. The number of hydrogen-bond donors (Lipinski definition) is 2. The minimum absolute atomic E-state index is 0.228. The SMILES string of the molecule is CCOC(=O)Nc1ccc(OC)nc1N1CCCC2(CCN(C3CCC(O)CC3)C2=O)C1. The zero-order chi connectivity index (χ0) is 22.7. The van der Waals surface area contributed by atoms with Gasteiger partial charge in [0, 0.05) is 31.7 Å². The average molecular weight is 447 g/mol. The Kier molecular flexibility index (Phi) is 6.74. The summed E-state index contributed by atoms with van der Waals surface area (Å²) < 4.78 is 10.4. The van der Waals surface area contributed by atoms with Crippen LogP contribution in [0, 0.1) is 5.41 Å². The number of rotatable bonds is 5. The van der Waals surface area contributed by atoms with E-state index in [2.05, 4.69) is 20.1 Å². The summed E-state index contributed by atoms with van der Waals surface area (Å²) in [5.41, 5.74) is 0.116. The predicted molar refractivity (Wildman–Crippen MR) is 120 cm³/mol. The number of nitrogens with one attached hydrogen (secondary N) is 1. The summed E-state index contributed by atoms with van der Waals surface area (Å²) in [6.45, 7) is 4.12. The van der Waals surface area contributed by atoms with E-state index < -0.39 is 11.5 Å². The Bertz CT molecular complexity index is 842. The van der Waals surface area contributed by atoms with E-state index in [1.165, 1.54) is 0 Å². The van der Waals surface area contributed by atoms with Crippen molar-refractivity contribution in [2.24, 2.45) is 5.41 Å². The van der Waals surface area contributed by atoms with Crippen molar-refractivity contribution in [1.29, 1.82) is 0 Å². The number of methoxy groups -OCH3 is 1. The number of ether oxygens (including phenoxy) is 2. The first-order valence-electron chi connectivity index (χ1n) is 11.7. The molecule has 2 N–H and O–H groups in total. The fourth-order valence-electron chi connectivity index (χ4n) is 5.42. The highest BCUT2D eigenvalue weighted by Crippen LogP contribution is 2.44. The summed E-state index contributed by atoms with van der Waals surface area (Å²) in [7, 11) is 1.56. The molecule has 1 atom stereocenters. The Labute approximate surface area is 189 Å². The van der Waals surface area contributed by atoms with Gasteiger partial charge in [-0.15, -0.1) is 0 Å². The summed E-state index contributed by atoms with van der Waals surface area (Å²) in [6, 6.07) is 3.69. The van der Waals surface area contributed by atoms with E-state index in [4.69, 9.17) is 9.47 Å². The Morgan fingerprint density at radius 3 is 2.75 bits per heavy atom. The lowest BCUT2D eigenvalue weighted by Crippen LogP contribution is -2.50. The fraction of sp³-hybridized carbons (Fsp3) is 0.696. The highest BCUT2D eigenvalue weighted by atomic mass is 16.5. The van der Waals surface area contributed by atoms with Gasteiger partial charge in [0.1, 0.15) is 0 Å². The molecule has 3 fully saturated rings. The van der Waals surface area contributed by atoms with Crippen LogP contribution in [0.25, 0.3) is 0 Å². The first-order chi connectivity index (χ1) is 15.5. The number of carbonyl (C=O) groups is 2. The number of likely N-dealkylation sites (tertiary alicyclic amines) is 1. The molecular weight excluding hydrogens is 412 g/mol. The largest absolute Gasteiger partial charge is 0.481 e. The van der Waals surface area contributed by atoms with E-state index >= 15 is 0 Å².